The summed E-state index contributed by atoms with van der Waals surface area (Å²) in [6, 6.07) is 0. The van der Waals surface area contributed by atoms with Crippen molar-refractivity contribution < 1.29 is 23.9 Å². The Morgan fingerprint density at radius 3 is 2.33 bits per heavy atom. The van der Waals surface area contributed by atoms with E-state index < -0.39 is 17.6 Å². The van der Waals surface area contributed by atoms with Gasteiger partial charge in [-0.15, -0.1) is 0 Å². The van der Waals surface area contributed by atoms with E-state index in [1.54, 1.807) is 6.92 Å². The van der Waals surface area contributed by atoms with Crippen molar-refractivity contribution in [3.8, 4) is 0 Å². The van der Waals surface area contributed by atoms with Gasteiger partial charge in [-0.25, -0.2) is 9.59 Å². The van der Waals surface area contributed by atoms with Crippen LogP contribution in [0.15, 0.2) is 0 Å². The lowest BCUT2D eigenvalue weighted by atomic mass is 10.1. The summed E-state index contributed by atoms with van der Waals surface area (Å²) in [7, 11) is 1.25. The van der Waals surface area contributed by atoms with Crippen LogP contribution < -0.4 is 10.6 Å². The summed E-state index contributed by atoms with van der Waals surface area (Å²) in [6.45, 7) is 5.17. The molecule has 0 aliphatic heterocycles. The molecule has 2 amide bonds. The van der Waals surface area contributed by atoms with E-state index in [4.69, 9.17) is 0 Å². The summed E-state index contributed by atoms with van der Waals surface area (Å²) in [6.07, 6.45) is -0.517. The average molecular weight is 260 g/mol. The molecular weight excluding hydrogens is 240 g/mol. The molecule has 0 saturated heterocycles. The number of hydrogen-bond acceptors (Lipinski definition) is 5. The second kappa shape index (κ2) is 7.52. The van der Waals surface area contributed by atoms with E-state index in [1.807, 2.05) is 0 Å². The van der Waals surface area contributed by atoms with Crippen LogP contribution in [0.25, 0.3) is 0 Å². The molecule has 104 valence electrons. The maximum atomic E-state index is 11.5. The molecule has 0 rings (SSSR count). The number of methoxy groups -OCH3 is 1. The lowest BCUT2D eigenvalue weighted by molar-refractivity contribution is -0.149. The summed E-state index contributed by atoms with van der Waals surface area (Å²) in [5.74, 6) is -0.892. The number of carbonyl (C=O) groups excluding carboxylic acids is 3. The Labute approximate surface area is 106 Å². The van der Waals surface area contributed by atoms with Crippen molar-refractivity contribution >= 4 is 18.0 Å². The molecule has 7 heteroatoms. The molecular formula is C11H20N2O5. The summed E-state index contributed by atoms with van der Waals surface area (Å²) in [4.78, 5) is 33.7. The van der Waals surface area contributed by atoms with Gasteiger partial charge in [0.25, 0.3) is 0 Å². The minimum Gasteiger partial charge on any atom is -0.467 e. The Morgan fingerprint density at radius 2 is 1.83 bits per heavy atom. The van der Waals surface area contributed by atoms with Gasteiger partial charge in [-0.2, -0.15) is 0 Å². The molecule has 0 aromatic rings. The molecule has 18 heavy (non-hydrogen) atoms. The molecule has 0 spiro atoms. The molecule has 0 heterocycles. The number of amides is 2. The standard InChI is InChI=1S/C11H20N2O5/c1-5-18-10(16)12-7-6-8(14)13-11(2,3)9(15)17-4/h5-7H2,1-4H3,(H,12,16)(H,13,14). The third kappa shape index (κ3) is 6.07. The molecule has 7 nitrogen and oxygen atoms in total. The van der Waals surface area contributed by atoms with E-state index >= 15 is 0 Å². The summed E-state index contributed by atoms with van der Waals surface area (Å²) >= 11 is 0. The predicted octanol–water partition coefficient (Wildman–Crippen LogP) is 0.190. The molecule has 0 aromatic carbocycles. The highest BCUT2D eigenvalue weighted by Gasteiger charge is 2.30. The first-order valence-corrected chi connectivity index (χ1v) is 5.63. The monoisotopic (exact) mass is 260 g/mol. The minimum atomic E-state index is -1.09. The van der Waals surface area contributed by atoms with Crippen LogP contribution in [0.4, 0.5) is 4.79 Å². The molecule has 0 atom stereocenters. The van der Waals surface area contributed by atoms with Gasteiger partial charge in [-0.3, -0.25) is 4.79 Å². The topological polar surface area (TPSA) is 93.7 Å². The third-order valence-corrected chi connectivity index (χ3v) is 2.04. The number of hydrogen-bond donors (Lipinski definition) is 2. The van der Waals surface area contributed by atoms with Gasteiger partial charge in [0.1, 0.15) is 5.54 Å². The van der Waals surface area contributed by atoms with Gasteiger partial charge >= 0.3 is 12.1 Å². The zero-order chi connectivity index (χ0) is 14.2. The van der Waals surface area contributed by atoms with Crippen LogP contribution in [-0.4, -0.2) is 43.8 Å². The molecule has 2 N–H and O–H groups in total. The molecule has 0 saturated carbocycles. The Hall–Kier alpha value is -1.79. The van der Waals surface area contributed by atoms with Crippen LogP contribution in [0.2, 0.25) is 0 Å². The Kier molecular flexibility index (Phi) is 6.77. The van der Waals surface area contributed by atoms with Gasteiger partial charge in [0.05, 0.1) is 13.7 Å². The van der Waals surface area contributed by atoms with E-state index in [-0.39, 0.29) is 25.5 Å². The molecule has 0 aliphatic carbocycles. The van der Waals surface area contributed by atoms with E-state index in [0.717, 1.165) is 0 Å². The van der Waals surface area contributed by atoms with E-state index in [2.05, 4.69) is 20.1 Å². The maximum Gasteiger partial charge on any atom is 0.407 e. The smallest absolute Gasteiger partial charge is 0.407 e. The second-order valence-corrected chi connectivity index (χ2v) is 4.06. The van der Waals surface area contributed by atoms with Crippen LogP contribution in [0.3, 0.4) is 0 Å². The Morgan fingerprint density at radius 1 is 1.22 bits per heavy atom. The first kappa shape index (κ1) is 16.2. The van der Waals surface area contributed by atoms with Gasteiger partial charge in [0.15, 0.2) is 0 Å². The van der Waals surface area contributed by atoms with E-state index in [9.17, 15) is 14.4 Å². The fraction of sp³-hybridized carbons (Fsp3) is 0.727. The highest BCUT2D eigenvalue weighted by molar-refractivity contribution is 5.87. The summed E-state index contributed by atoms with van der Waals surface area (Å²) < 4.78 is 9.17. The maximum absolute atomic E-state index is 11.5. The number of carbonyl (C=O) groups is 3. The highest BCUT2D eigenvalue weighted by atomic mass is 16.5. The zero-order valence-corrected chi connectivity index (χ0v) is 11.2. The Balaban J connectivity index is 3.98. The molecule has 0 aliphatic rings. The summed E-state index contributed by atoms with van der Waals surface area (Å²) in [5.41, 5.74) is -1.09. The van der Waals surface area contributed by atoms with Gasteiger partial charge in [-0.1, -0.05) is 0 Å². The minimum absolute atomic E-state index is 0.0548. The third-order valence-electron chi connectivity index (χ3n) is 2.04. The largest absolute Gasteiger partial charge is 0.467 e. The quantitative estimate of drug-likeness (QED) is 0.665. The normalized spacial score (nSPS) is 10.4. The number of rotatable bonds is 6. The van der Waals surface area contributed by atoms with Crippen molar-refractivity contribution in [1.82, 2.24) is 10.6 Å². The second-order valence-electron chi connectivity index (χ2n) is 4.06. The fourth-order valence-electron chi connectivity index (χ4n) is 1.18. The fourth-order valence-corrected chi connectivity index (χ4v) is 1.18. The molecule has 0 fully saturated rings. The van der Waals surface area contributed by atoms with Gasteiger partial charge in [0, 0.05) is 13.0 Å². The van der Waals surface area contributed by atoms with Crippen LogP contribution in [0.5, 0.6) is 0 Å². The SMILES string of the molecule is CCOC(=O)NCCC(=O)NC(C)(C)C(=O)OC. The van der Waals surface area contributed by atoms with E-state index in [1.165, 1.54) is 21.0 Å². The molecule has 0 unspecified atom stereocenters. The number of ether oxygens (including phenoxy) is 2. The first-order valence-electron chi connectivity index (χ1n) is 5.63. The molecule has 0 bridgehead atoms. The Bertz CT molecular complexity index is 315. The lowest BCUT2D eigenvalue weighted by Gasteiger charge is -2.23. The lowest BCUT2D eigenvalue weighted by Crippen LogP contribution is -2.50. The highest BCUT2D eigenvalue weighted by Crippen LogP contribution is 2.04. The van der Waals surface area contributed by atoms with Crippen molar-refractivity contribution in [3.63, 3.8) is 0 Å². The number of esters is 1. The molecule has 0 radical (unpaired) electrons. The average Bonchev–Trinajstić information content (AvgIpc) is 2.27. The van der Waals surface area contributed by atoms with Crippen LogP contribution in [0.1, 0.15) is 27.2 Å². The van der Waals surface area contributed by atoms with Gasteiger partial charge in [0.2, 0.25) is 5.91 Å². The predicted molar refractivity (Wildman–Crippen MR) is 63.9 cm³/mol. The van der Waals surface area contributed by atoms with Gasteiger partial charge < -0.3 is 20.1 Å². The first-order chi connectivity index (χ1) is 8.33. The van der Waals surface area contributed by atoms with Crippen LogP contribution in [-0.2, 0) is 19.1 Å². The van der Waals surface area contributed by atoms with Crippen LogP contribution in [0, 0.1) is 0 Å². The zero-order valence-electron chi connectivity index (χ0n) is 11.2. The van der Waals surface area contributed by atoms with Gasteiger partial charge in [-0.05, 0) is 20.8 Å². The van der Waals surface area contributed by atoms with Crippen molar-refractivity contribution in [2.24, 2.45) is 0 Å². The summed E-state index contributed by atoms with van der Waals surface area (Å²) in [5, 5.41) is 4.91. The van der Waals surface area contributed by atoms with Crippen LogP contribution >= 0.6 is 0 Å². The van der Waals surface area contributed by atoms with Crippen molar-refractivity contribution in [2.75, 3.05) is 20.3 Å². The number of nitrogens with one attached hydrogen (secondary N) is 2. The van der Waals surface area contributed by atoms with Crippen molar-refractivity contribution in [1.29, 1.82) is 0 Å². The number of alkyl carbamates (subject to hydrolysis) is 1. The van der Waals surface area contributed by atoms with E-state index in [0.29, 0.717) is 0 Å². The van der Waals surface area contributed by atoms with Crippen molar-refractivity contribution in [2.45, 2.75) is 32.7 Å². The van der Waals surface area contributed by atoms with Crippen molar-refractivity contribution in [3.05, 3.63) is 0 Å². The molecule has 0 aromatic heterocycles.